The van der Waals surface area contributed by atoms with Gasteiger partial charge in [-0.05, 0) is 47.5 Å². The van der Waals surface area contributed by atoms with Crippen molar-refractivity contribution in [3.05, 3.63) is 34.1 Å². The Bertz CT molecular complexity index is 333. The van der Waals surface area contributed by atoms with Gasteiger partial charge in [0.15, 0.2) is 0 Å². The van der Waals surface area contributed by atoms with Crippen LogP contribution >= 0.6 is 15.9 Å². The highest BCUT2D eigenvalue weighted by Crippen LogP contribution is 2.16. The maximum Gasteiger partial charge on any atom is 0.137 e. The molecule has 0 fully saturated rings. The number of benzene rings is 1. The van der Waals surface area contributed by atoms with Gasteiger partial charge in [0.2, 0.25) is 0 Å². The third-order valence-corrected chi connectivity index (χ3v) is 2.85. The normalized spacial score (nSPS) is 12.8. The molecule has 4 heteroatoms. The van der Waals surface area contributed by atoms with Crippen molar-refractivity contribution in [1.82, 2.24) is 5.32 Å². The molecular formula is C12H17BrFNO. The number of hydrogen-bond donors (Lipinski definition) is 1. The molecule has 0 amide bonds. The molecule has 1 unspecified atom stereocenters. The van der Waals surface area contributed by atoms with Crippen molar-refractivity contribution < 1.29 is 9.13 Å². The zero-order chi connectivity index (χ0) is 12.0. The molecular weight excluding hydrogens is 273 g/mol. The van der Waals surface area contributed by atoms with Crippen LogP contribution < -0.4 is 5.32 Å². The van der Waals surface area contributed by atoms with E-state index < -0.39 is 0 Å². The largest absolute Gasteiger partial charge is 0.380 e. The monoisotopic (exact) mass is 289 g/mol. The molecule has 1 N–H and O–H groups in total. The molecule has 0 saturated carbocycles. The molecule has 16 heavy (non-hydrogen) atoms. The van der Waals surface area contributed by atoms with Gasteiger partial charge in [-0.3, -0.25) is 0 Å². The minimum atomic E-state index is -0.225. The predicted octanol–water partition coefficient (Wildman–Crippen LogP) is 3.10. The van der Waals surface area contributed by atoms with E-state index >= 15 is 0 Å². The van der Waals surface area contributed by atoms with E-state index in [1.165, 1.54) is 6.07 Å². The third-order valence-electron chi connectivity index (χ3n) is 2.21. The van der Waals surface area contributed by atoms with Gasteiger partial charge in [0.1, 0.15) is 5.82 Å². The van der Waals surface area contributed by atoms with Gasteiger partial charge in [0.25, 0.3) is 0 Å². The molecule has 1 aromatic carbocycles. The Morgan fingerprint density at radius 2 is 2.25 bits per heavy atom. The highest BCUT2D eigenvalue weighted by Gasteiger charge is 2.03. The molecule has 1 rings (SSSR count). The smallest absolute Gasteiger partial charge is 0.137 e. The molecule has 0 aliphatic carbocycles. The first-order chi connectivity index (χ1) is 7.63. The Balaban J connectivity index is 2.39. The molecule has 0 aliphatic heterocycles. The highest BCUT2D eigenvalue weighted by atomic mass is 79.9. The molecule has 1 atom stereocenters. The van der Waals surface area contributed by atoms with Crippen molar-refractivity contribution in [2.45, 2.75) is 26.4 Å². The molecule has 1 aromatic rings. The summed E-state index contributed by atoms with van der Waals surface area (Å²) in [6.45, 7) is 6.06. The van der Waals surface area contributed by atoms with Gasteiger partial charge in [-0.25, -0.2) is 4.39 Å². The maximum atomic E-state index is 13.2. The molecule has 0 bridgehead atoms. The average Bonchev–Trinajstić information content (AvgIpc) is 2.28. The van der Waals surface area contributed by atoms with E-state index in [4.69, 9.17) is 4.74 Å². The second kappa shape index (κ2) is 6.99. The Hall–Kier alpha value is -0.450. The summed E-state index contributed by atoms with van der Waals surface area (Å²) in [7, 11) is 0. The first-order valence-corrected chi connectivity index (χ1v) is 6.17. The van der Waals surface area contributed by atoms with Gasteiger partial charge in [-0.2, -0.15) is 0 Å². The molecule has 0 radical (unpaired) electrons. The molecule has 0 heterocycles. The van der Waals surface area contributed by atoms with E-state index in [1.54, 1.807) is 6.07 Å². The predicted molar refractivity (Wildman–Crippen MR) is 66.9 cm³/mol. The van der Waals surface area contributed by atoms with Crippen molar-refractivity contribution in [2.24, 2.45) is 0 Å². The van der Waals surface area contributed by atoms with Crippen molar-refractivity contribution in [1.29, 1.82) is 0 Å². The number of nitrogens with one attached hydrogen (secondary N) is 1. The molecule has 90 valence electrons. The maximum absolute atomic E-state index is 13.2. The topological polar surface area (TPSA) is 21.3 Å². The van der Waals surface area contributed by atoms with Crippen LogP contribution in [0.25, 0.3) is 0 Å². The van der Waals surface area contributed by atoms with Crippen LogP contribution in [0.2, 0.25) is 0 Å². The molecule has 0 saturated heterocycles. The fourth-order valence-electron chi connectivity index (χ4n) is 1.30. The number of halogens is 2. The molecule has 2 nitrogen and oxygen atoms in total. The van der Waals surface area contributed by atoms with E-state index in [-0.39, 0.29) is 11.9 Å². The van der Waals surface area contributed by atoms with Gasteiger partial charge < -0.3 is 10.1 Å². The van der Waals surface area contributed by atoms with Crippen molar-refractivity contribution >= 4 is 15.9 Å². The quantitative estimate of drug-likeness (QED) is 0.869. The van der Waals surface area contributed by atoms with Crippen molar-refractivity contribution in [3.63, 3.8) is 0 Å². The second-order valence-electron chi connectivity index (χ2n) is 3.69. The fraction of sp³-hybridized carbons (Fsp3) is 0.500. The average molecular weight is 290 g/mol. The van der Waals surface area contributed by atoms with E-state index in [0.29, 0.717) is 17.6 Å². The first kappa shape index (κ1) is 13.6. The third kappa shape index (κ3) is 4.60. The van der Waals surface area contributed by atoms with E-state index in [2.05, 4.69) is 21.2 Å². The van der Waals surface area contributed by atoms with E-state index in [9.17, 15) is 4.39 Å². The van der Waals surface area contributed by atoms with Crippen LogP contribution in [0.1, 0.15) is 19.4 Å². The van der Waals surface area contributed by atoms with Crippen molar-refractivity contribution in [2.75, 3.05) is 13.2 Å². The van der Waals surface area contributed by atoms with Crippen LogP contribution in [0.4, 0.5) is 4.39 Å². The lowest BCUT2D eigenvalue weighted by atomic mass is 10.2. The summed E-state index contributed by atoms with van der Waals surface area (Å²) >= 11 is 3.13. The first-order valence-electron chi connectivity index (χ1n) is 5.38. The lowest BCUT2D eigenvalue weighted by Gasteiger charge is -2.13. The Kier molecular flexibility index (Phi) is 5.95. The van der Waals surface area contributed by atoms with Crippen LogP contribution in [0.15, 0.2) is 22.7 Å². The summed E-state index contributed by atoms with van der Waals surface area (Å²) in [5.41, 5.74) is 0.934. The Morgan fingerprint density at radius 3 is 2.88 bits per heavy atom. The van der Waals surface area contributed by atoms with Gasteiger partial charge in [-0.15, -0.1) is 0 Å². The van der Waals surface area contributed by atoms with Crippen LogP contribution in [-0.2, 0) is 11.3 Å². The summed E-state index contributed by atoms with van der Waals surface area (Å²) in [6, 6.07) is 5.42. The number of rotatable bonds is 6. The lowest BCUT2D eigenvalue weighted by molar-refractivity contribution is 0.127. The van der Waals surface area contributed by atoms with Gasteiger partial charge in [0, 0.05) is 19.2 Å². The highest BCUT2D eigenvalue weighted by molar-refractivity contribution is 9.10. The summed E-state index contributed by atoms with van der Waals surface area (Å²) in [4.78, 5) is 0. The summed E-state index contributed by atoms with van der Waals surface area (Å²) < 4.78 is 19.0. The van der Waals surface area contributed by atoms with E-state index in [1.807, 2.05) is 19.9 Å². The standard InChI is InChI=1S/C12H17BrFNO/c1-3-16-8-9(2)15-7-10-4-5-11(13)12(14)6-10/h4-6,9,15H,3,7-8H2,1-2H3. The van der Waals surface area contributed by atoms with Gasteiger partial charge in [-0.1, -0.05) is 6.07 Å². The summed E-state index contributed by atoms with van der Waals surface area (Å²) in [5, 5.41) is 3.27. The SMILES string of the molecule is CCOCC(C)NCc1ccc(Br)c(F)c1. The van der Waals surface area contributed by atoms with Crippen LogP contribution in [-0.4, -0.2) is 19.3 Å². The zero-order valence-corrected chi connectivity index (χ0v) is 11.2. The van der Waals surface area contributed by atoms with Crippen molar-refractivity contribution in [3.8, 4) is 0 Å². The Morgan fingerprint density at radius 1 is 1.50 bits per heavy atom. The summed E-state index contributed by atoms with van der Waals surface area (Å²) in [5.74, 6) is -0.225. The minimum Gasteiger partial charge on any atom is -0.380 e. The number of ether oxygens (including phenoxy) is 1. The molecule has 0 spiro atoms. The summed E-state index contributed by atoms with van der Waals surface area (Å²) in [6.07, 6.45) is 0. The Labute approximate surface area is 104 Å². The van der Waals surface area contributed by atoms with E-state index in [0.717, 1.165) is 12.2 Å². The molecule has 0 aromatic heterocycles. The van der Waals surface area contributed by atoms with Crippen LogP contribution in [0, 0.1) is 5.82 Å². The lowest BCUT2D eigenvalue weighted by Crippen LogP contribution is -2.30. The number of hydrogen-bond acceptors (Lipinski definition) is 2. The second-order valence-corrected chi connectivity index (χ2v) is 4.54. The fourth-order valence-corrected chi connectivity index (χ4v) is 1.54. The molecule has 0 aliphatic rings. The van der Waals surface area contributed by atoms with Crippen LogP contribution in [0.5, 0.6) is 0 Å². The van der Waals surface area contributed by atoms with Crippen LogP contribution in [0.3, 0.4) is 0 Å². The van der Waals surface area contributed by atoms with Gasteiger partial charge in [0.05, 0.1) is 11.1 Å². The minimum absolute atomic E-state index is 0.225. The zero-order valence-electron chi connectivity index (χ0n) is 9.59. The van der Waals surface area contributed by atoms with Gasteiger partial charge >= 0.3 is 0 Å².